The number of alkyl halides is 2. The van der Waals surface area contributed by atoms with Gasteiger partial charge in [-0.1, -0.05) is 6.92 Å². The van der Waals surface area contributed by atoms with E-state index in [9.17, 15) is 16.8 Å². The molecule has 0 aromatic rings. The van der Waals surface area contributed by atoms with E-state index in [0.29, 0.717) is 19.3 Å². The summed E-state index contributed by atoms with van der Waals surface area (Å²) in [7, 11) is -6.14. The zero-order valence-electron chi connectivity index (χ0n) is 11.6. The maximum Gasteiger partial charge on any atom is 0.150 e. The van der Waals surface area contributed by atoms with E-state index in [2.05, 4.69) is 0 Å². The Hall–Kier alpha value is 0.480. The van der Waals surface area contributed by atoms with Crippen LogP contribution in [0.5, 0.6) is 0 Å². The normalized spacial score (nSPS) is 23.1. The zero-order chi connectivity index (χ0) is 15.4. The van der Waals surface area contributed by atoms with Gasteiger partial charge in [0, 0.05) is 22.9 Å². The molecule has 0 aromatic heterocycles. The van der Waals surface area contributed by atoms with Gasteiger partial charge in [0.05, 0.1) is 17.3 Å². The maximum atomic E-state index is 11.8. The summed E-state index contributed by atoms with van der Waals surface area (Å²) in [5, 5.41) is 0. The van der Waals surface area contributed by atoms with E-state index >= 15 is 0 Å². The Kier molecular flexibility index (Phi) is 6.63. The quantitative estimate of drug-likeness (QED) is 0.618. The number of sulfone groups is 2. The molecule has 20 heavy (non-hydrogen) atoms. The minimum atomic E-state index is -3.11. The molecule has 120 valence electrons. The molecule has 0 N–H and O–H groups in total. The average Bonchev–Trinajstić information content (AvgIpc) is 2.72. The fourth-order valence-corrected chi connectivity index (χ4v) is 7.12. The highest BCUT2D eigenvalue weighted by molar-refractivity contribution is 7.91. The van der Waals surface area contributed by atoms with E-state index in [4.69, 9.17) is 23.2 Å². The molecule has 1 heterocycles. The Morgan fingerprint density at radius 2 is 1.80 bits per heavy atom. The van der Waals surface area contributed by atoms with E-state index in [0.717, 1.165) is 0 Å². The van der Waals surface area contributed by atoms with Gasteiger partial charge in [0.15, 0.2) is 9.84 Å². The molecule has 1 fully saturated rings. The van der Waals surface area contributed by atoms with Gasteiger partial charge >= 0.3 is 0 Å². The molecular weight excluding hydrogens is 343 g/mol. The molecule has 0 amide bonds. The predicted molar refractivity (Wildman–Crippen MR) is 84.2 cm³/mol. The van der Waals surface area contributed by atoms with E-state index in [-0.39, 0.29) is 40.7 Å². The minimum absolute atomic E-state index is 0.0246. The molecule has 0 spiro atoms. The molecule has 8 heteroatoms. The second-order valence-electron chi connectivity index (χ2n) is 5.63. The number of halogens is 2. The van der Waals surface area contributed by atoms with Crippen LogP contribution in [0.4, 0.5) is 0 Å². The van der Waals surface area contributed by atoms with Crippen LogP contribution in [0.2, 0.25) is 0 Å². The molecule has 0 saturated carbocycles. The second kappa shape index (κ2) is 7.16. The summed E-state index contributed by atoms with van der Waals surface area (Å²) in [4.78, 5) is 0. The Bertz CT molecular complexity index is 510. The lowest BCUT2D eigenvalue weighted by molar-refractivity contribution is 0.238. The van der Waals surface area contributed by atoms with Crippen LogP contribution < -0.4 is 0 Å². The van der Waals surface area contributed by atoms with Gasteiger partial charge in [0.1, 0.15) is 9.84 Å². The van der Waals surface area contributed by atoms with Crippen LogP contribution in [0, 0.1) is 11.3 Å². The van der Waals surface area contributed by atoms with Crippen molar-refractivity contribution in [2.75, 3.05) is 34.8 Å². The standard InChI is InChI=1S/C12H22Cl2O4S2/c1-2-5-19(15,16)7-4-12(9-13,10-14)11-3-6-20(17,18)8-11/h11H,2-10H2,1H3. The lowest BCUT2D eigenvalue weighted by Gasteiger charge is -2.35. The van der Waals surface area contributed by atoms with E-state index in [1.54, 1.807) is 0 Å². The Morgan fingerprint density at radius 1 is 1.20 bits per heavy atom. The smallest absolute Gasteiger partial charge is 0.150 e. The SMILES string of the molecule is CCCS(=O)(=O)CCC(CCl)(CCl)C1CCS(=O)(=O)C1. The van der Waals surface area contributed by atoms with Crippen LogP contribution >= 0.6 is 23.2 Å². The van der Waals surface area contributed by atoms with Crippen LogP contribution in [0.3, 0.4) is 0 Å². The molecule has 1 rings (SSSR count). The summed E-state index contributed by atoms with van der Waals surface area (Å²) in [6, 6.07) is 0. The lowest BCUT2D eigenvalue weighted by atomic mass is 9.76. The number of rotatable bonds is 8. The molecule has 1 unspecified atom stereocenters. The lowest BCUT2D eigenvalue weighted by Crippen LogP contribution is -2.37. The third-order valence-corrected chi connectivity index (χ3v) is 8.75. The van der Waals surface area contributed by atoms with E-state index < -0.39 is 25.1 Å². The summed E-state index contributed by atoms with van der Waals surface area (Å²) in [5.41, 5.74) is -0.604. The van der Waals surface area contributed by atoms with Crippen molar-refractivity contribution in [3.63, 3.8) is 0 Å². The molecule has 0 aromatic carbocycles. The van der Waals surface area contributed by atoms with Crippen LogP contribution in [0.1, 0.15) is 26.2 Å². The van der Waals surface area contributed by atoms with Gasteiger partial charge in [-0.3, -0.25) is 0 Å². The first-order valence-electron chi connectivity index (χ1n) is 6.73. The van der Waals surface area contributed by atoms with Gasteiger partial charge < -0.3 is 0 Å². The van der Waals surface area contributed by atoms with Crippen molar-refractivity contribution in [1.29, 1.82) is 0 Å². The molecule has 0 bridgehead atoms. The Labute approximate surface area is 132 Å². The number of hydrogen-bond donors (Lipinski definition) is 0. The minimum Gasteiger partial charge on any atom is -0.229 e. The molecule has 1 aliphatic rings. The Balaban J connectivity index is 2.83. The average molecular weight is 365 g/mol. The number of hydrogen-bond acceptors (Lipinski definition) is 4. The first-order chi connectivity index (χ1) is 9.20. The summed E-state index contributed by atoms with van der Waals surface area (Å²) in [5.74, 6) is 0.638. The largest absolute Gasteiger partial charge is 0.229 e. The Morgan fingerprint density at radius 3 is 2.20 bits per heavy atom. The molecule has 1 atom stereocenters. The van der Waals surface area contributed by atoms with Crippen molar-refractivity contribution in [2.24, 2.45) is 11.3 Å². The predicted octanol–water partition coefficient (Wildman–Crippen LogP) is 2.10. The van der Waals surface area contributed by atoms with Crippen molar-refractivity contribution >= 4 is 42.9 Å². The fourth-order valence-electron chi connectivity index (χ4n) is 2.64. The van der Waals surface area contributed by atoms with Crippen LogP contribution in [-0.4, -0.2) is 51.6 Å². The molecular formula is C12H22Cl2O4S2. The van der Waals surface area contributed by atoms with Crippen molar-refractivity contribution in [2.45, 2.75) is 26.2 Å². The summed E-state index contributed by atoms with van der Waals surface area (Å²) in [6.45, 7) is 1.82. The van der Waals surface area contributed by atoms with Gasteiger partial charge in [-0.2, -0.15) is 0 Å². The fraction of sp³-hybridized carbons (Fsp3) is 1.00. The van der Waals surface area contributed by atoms with Crippen LogP contribution in [0.15, 0.2) is 0 Å². The topological polar surface area (TPSA) is 68.3 Å². The van der Waals surface area contributed by atoms with Crippen LogP contribution in [-0.2, 0) is 19.7 Å². The second-order valence-corrected chi connectivity index (χ2v) is 10.7. The van der Waals surface area contributed by atoms with Gasteiger partial charge in [0.2, 0.25) is 0 Å². The van der Waals surface area contributed by atoms with Gasteiger partial charge in [-0.05, 0) is 25.2 Å². The van der Waals surface area contributed by atoms with Crippen LogP contribution in [0.25, 0.3) is 0 Å². The van der Waals surface area contributed by atoms with Gasteiger partial charge in [0.25, 0.3) is 0 Å². The maximum absolute atomic E-state index is 11.8. The van der Waals surface area contributed by atoms with Crippen molar-refractivity contribution in [3.8, 4) is 0 Å². The third-order valence-electron chi connectivity index (χ3n) is 4.06. The van der Waals surface area contributed by atoms with Crippen molar-refractivity contribution in [3.05, 3.63) is 0 Å². The highest BCUT2D eigenvalue weighted by Gasteiger charge is 2.44. The molecule has 1 saturated heterocycles. The van der Waals surface area contributed by atoms with Crippen molar-refractivity contribution < 1.29 is 16.8 Å². The van der Waals surface area contributed by atoms with E-state index in [1.165, 1.54) is 0 Å². The monoisotopic (exact) mass is 364 g/mol. The highest BCUT2D eigenvalue weighted by atomic mass is 35.5. The van der Waals surface area contributed by atoms with Gasteiger partial charge in [-0.25, -0.2) is 16.8 Å². The summed E-state index contributed by atoms with van der Waals surface area (Å²) in [6.07, 6.45) is 1.44. The molecule has 1 aliphatic heterocycles. The first kappa shape index (κ1) is 18.5. The molecule has 0 radical (unpaired) electrons. The molecule has 0 aliphatic carbocycles. The van der Waals surface area contributed by atoms with Crippen molar-refractivity contribution in [1.82, 2.24) is 0 Å². The zero-order valence-corrected chi connectivity index (χ0v) is 14.8. The highest BCUT2D eigenvalue weighted by Crippen LogP contribution is 2.41. The third kappa shape index (κ3) is 4.75. The first-order valence-corrected chi connectivity index (χ1v) is 11.4. The summed E-state index contributed by atoms with van der Waals surface area (Å²) < 4.78 is 46.9. The molecule has 4 nitrogen and oxygen atoms in total. The van der Waals surface area contributed by atoms with E-state index in [1.807, 2.05) is 6.92 Å². The summed E-state index contributed by atoms with van der Waals surface area (Å²) >= 11 is 12.1. The van der Waals surface area contributed by atoms with Gasteiger partial charge in [-0.15, -0.1) is 23.2 Å².